The lowest BCUT2D eigenvalue weighted by atomic mass is 9.89. The predicted molar refractivity (Wildman–Crippen MR) is 80.6 cm³/mol. The Morgan fingerprint density at radius 3 is 2.47 bits per heavy atom. The molecule has 0 spiro atoms. The van der Waals surface area contributed by atoms with E-state index in [2.05, 4.69) is 66.9 Å². The van der Waals surface area contributed by atoms with E-state index in [1.807, 2.05) is 6.07 Å². The SMILES string of the molecule is CCNC(c1ccccc1)c1snnc1C(C)(C)C. The van der Waals surface area contributed by atoms with Gasteiger partial charge < -0.3 is 5.32 Å². The lowest BCUT2D eigenvalue weighted by Crippen LogP contribution is -2.25. The van der Waals surface area contributed by atoms with E-state index in [1.165, 1.54) is 22.0 Å². The number of aromatic nitrogens is 2. The van der Waals surface area contributed by atoms with Gasteiger partial charge in [0.1, 0.15) is 0 Å². The van der Waals surface area contributed by atoms with Crippen LogP contribution in [0, 0.1) is 0 Å². The topological polar surface area (TPSA) is 37.8 Å². The Balaban J connectivity index is 2.44. The Hall–Kier alpha value is -1.26. The van der Waals surface area contributed by atoms with Crippen LogP contribution in [-0.2, 0) is 5.41 Å². The van der Waals surface area contributed by atoms with E-state index in [1.54, 1.807) is 0 Å². The highest BCUT2D eigenvalue weighted by molar-refractivity contribution is 7.05. The Morgan fingerprint density at radius 2 is 1.89 bits per heavy atom. The molecule has 0 bridgehead atoms. The van der Waals surface area contributed by atoms with Crippen molar-refractivity contribution in [3.8, 4) is 0 Å². The predicted octanol–water partition coefficient (Wildman–Crippen LogP) is 3.53. The van der Waals surface area contributed by atoms with Gasteiger partial charge in [-0.25, -0.2) is 0 Å². The molecule has 1 atom stereocenters. The highest BCUT2D eigenvalue weighted by Crippen LogP contribution is 2.33. The molecule has 0 radical (unpaired) electrons. The Morgan fingerprint density at radius 1 is 1.21 bits per heavy atom. The molecule has 1 unspecified atom stereocenters. The van der Waals surface area contributed by atoms with E-state index < -0.39 is 0 Å². The molecule has 2 aromatic rings. The number of benzene rings is 1. The van der Waals surface area contributed by atoms with Crippen molar-refractivity contribution in [2.45, 2.75) is 39.2 Å². The Kier molecular flexibility index (Phi) is 4.32. The third-order valence-corrected chi connectivity index (χ3v) is 3.82. The highest BCUT2D eigenvalue weighted by atomic mass is 32.1. The van der Waals surface area contributed by atoms with Crippen LogP contribution in [0.2, 0.25) is 0 Å². The zero-order chi connectivity index (χ0) is 13.9. The van der Waals surface area contributed by atoms with Crippen LogP contribution in [0.15, 0.2) is 30.3 Å². The first kappa shape index (κ1) is 14.2. The lowest BCUT2D eigenvalue weighted by molar-refractivity contribution is 0.543. The maximum absolute atomic E-state index is 4.34. The summed E-state index contributed by atoms with van der Waals surface area (Å²) in [6.07, 6.45) is 0. The first-order valence-corrected chi connectivity index (χ1v) is 7.42. The molecule has 1 heterocycles. The zero-order valence-electron chi connectivity index (χ0n) is 12.0. The van der Waals surface area contributed by atoms with Crippen LogP contribution in [0.4, 0.5) is 0 Å². The van der Waals surface area contributed by atoms with Crippen LogP contribution < -0.4 is 5.32 Å². The largest absolute Gasteiger partial charge is 0.306 e. The Bertz CT molecular complexity index is 514. The van der Waals surface area contributed by atoms with Gasteiger partial charge in [0.15, 0.2) is 0 Å². The second kappa shape index (κ2) is 5.80. The lowest BCUT2D eigenvalue weighted by Gasteiger charge is -2.22. The summed E-state index contributed by atoms with van der Waals surface area (Å²) in [6.45, 7) is 9.59. The molecule has 0 fully saturated rings. The van der Waals surface area contributed by atoms with E-state index >= 15 is 0 Å². The molecule has 19 heavy (non-hydrogen) atoms. The van der Waals surface area contributed by atoms with Crippen LogP contribution in [-0.4, -0.2) is 16.1 Å². The maximum Gasteiger partial charge on any atom is 0.0860 e. The van der Waals surface area contributed by atoms with Crippen molar-refractivity contribution in [1.29, 1.82) is 0 Å². The first-order valence-electron chi connectivity index (χ1n) is 6.65. The first-order chi connectivity index (χ1) is 9.04. The van der Waals surface area contributed by atoms with Gasteiger partial charge in [0.2, 0.25) is 0 Å². The molecular formula is C15H21N3S. The Labute approximate surface area is 119 Å². The summed E-state index contributed by atoms with van der Waals surface area (Å²) in [5, 5.41) is 7.89. The monoisotopic (exact) mass is 275 g/mol. The summed E-state index contributed by atoms with van der Waals surface area (Å²) in [5.74, 6) is 0. The second-order valence-corrected chi connectivity index (χ2v) is 6.42. The average Bonchev–Trinajstić information content (AvgIpc) is 2.86. The fraction of sp³-hybridized carbons (Fsp3) is 0.467. The summed E-state index contributed by atoms with van der Waals surface area (Å²) < 4.78 is 4.17. The molecule has 102 valence electrons. The van der Waals surface area contributed by atoms with Crippen LogP contribution >= 0.6 is 11.5 Å². The molecular weight excluding hydrogens is 254 g/mol. The van der Waals surface area contributed by atoms with Gasteiger partial charge in [-0.2, -0.15) is 0 Å². The molecule has 0 saturated carbocycles. The number of hydrogen-bond donors (Lipinski definition) is 1. The van der Waals surface area contributed by atoms with E-state index in [9.17, 15) is 0 Å². The van der Waals surface area contributed by atoms with Crippen LogP contribution in [0.25, 0.3) is 0 Å². The summed E-state index contributed by atoms with van der Waals surface area (Å²) >= 11 is 1.50. The normalized spacial score (nSPS) is 13.5. The maximum atomic E-state index is 4.34. The molecule has 0 aliphatic rings. The zero-order valence-corrected chi connectivity index (χ0v) is 12.8. The van der Waals surface area contributed by atoms with Crippen molar-refractivity contribution >= 4 is 11.5 Å². The molecule has 4 heteroatoms. The quantitative estimate of drug-likeness (QED) is 0.927. The highest BCUT2D eigenvalue weighted by Gasteiger charge is 2.27. The van der Waals surface area contributed by atoms with Crippen molar-refractivity contribution in [2.75, 3.05) is 6.54 Å². The number of nitrogens with one attached hydrogen (secondary N) is 1. The molecule has 0 aliphatic carbocycles. The van der Waals surface area contributed by atoms with Crippen molar-refractivity contribution in [3.63, 3.8) is 0 Å². The van der Waals surface area contributed by atoms with Crippen molar-refractivity contribution in [2.24, 2.45) is 0 Å². The van der Waals surface area contributed by atoms with Gasteiger partial charge in [-0.3, -0.25) is 0 Å². The van der Waals surface area contributed by atoms with Crippen LogP contribution in [0.3, 0.4) is 0 Å². The third-order valence-electron chi connectivity index (χ3n) is 3.03. The van der Waals surface area contributed by atoms with Gasteiger partial charge in [-0.1, -0.05) is 62.5 Å². The number of hydrogen-bond acceptors (Lipinski definition) is 4. The standard InChI is InChI=1S/C15H21N3S/c1-5-16-12(11-9-7-6-8-10-11)13-14(15(2,3)4)17-18-19-13/h6-10,12,16H,5H2,1-4H3. The van der Waals surface area contributed by atoms with E-state index in [-0.39, 0.29) is 11.5 Å². The van der Waals surface area contributed by atoms with Crippen LogP contribution in [0.1, 0.15) is 49.9 Å². The van der Waals surface area contributed by atoms with Crippen molar-refractivity contribution in [1.82, 2.24) is 14.9 Å². The van der Waals surface area contributed by atoms with Gasteiger partial charge in [-0.15, -0.1) is 5.10 Å². The summed E-state index contributed by atoms with van der Waals surface area (Å²) in [4.78, 5) is 1.22. The molecule has 0 amide bonds. The smallest absolute Gasteiger partial charge is 0.0860 e. The molecule has 1 N–H and O–H groups in total. The van der Waals surface area contributed by atoms with E-state index in [0.29, 0.717) is 0 Å². The molecule has 1 aromatic heterocycles. The van der Waals surface area contributed by atoms with E-state index in [0.717, 1.165) is 12.2 Å². The molecule has 2 rings (SSSR count). The summed E-state index contributed by atoms with van der Waals surface area (Å²) in [5.41, 5.74) is 2.37. The fourth-order valence-corrected chi connectivity index (χ4v) is 3.09. The number of rotatable bonds is 4. The van der Waals surface area contributed by atoms with Crippen LogP contribution in [0.5, 0.6) is 0 Å². The summed E-state index contributed by atoms with van der Waals surface area (Å²) in [7, 11) is 0. The molecule has 0 aliphatic heterocycles. The van der Waals surface area contributed by atoms with Gasteiger partial charge >= 0.3 is 0 Å². The second-order valence-electron chi connectivity index (χ2n) is 5.64. The van der Waals surface area contributed by atoms with Gasteiger partial charge in [0, 0.05) is 5.41 Å². The van der Waals surface area contributed by atoms with E-state index in [4.69, 9.17) is 0 Å². The molecule has 1 aromatic carbocycles. The van der Waals surface area contributed by atoms with Crippen molar-refractivity contribution in [3.05, 3.63) is 46.5 Å². The minimum absolute atomic E-state index is 0.0186. The fourth-order valence-electron chi connectivity index (χ4n) is 2.12. The number of nitrogens with zero attached hydrogens (tertiary/aromatic N) is 2. The minimum Gasteiger partial charge on any atom is -0.306 e. The van der Waals surface area contributed by atoms with Gasteiger partial charge in [0.25, 0.3) is 0 Å². The van der Waals surface area contributed by atoms with Crippen molar-refractivity contribution < 1.29 is 0 Å². The molecule has 0 saturated heterocycles. The molecule has 3 nitrogen and oxygen atoms in total. The third kappa shape index (κ3) is 3.19. The minimum atomic E-state index is 0.0186. The summed E-state index contributed by atoms with van der Waals surface area (Å²) in [6, 6.07) is 10.7. The van der Waals surface area contributed by atoms with Gasteiger partial charge in [-0.05, 0) is 23.6 Å². The average molecular weight is 275 g/mol. The van der Waals surface area contributed by atoms with Gasteiger partial charge in [0.05, 0.1) is 16.6 Å².